The number of hydrogen-bond donors (Lipinski definition) is 2. The third kappa shape index (κ3) is 5.11. The SMILES string of the molecule is Fc1cc(OCC2NCCC=C2c2ccccc2)c(Cl)cc1SNc1cscn1. The van der Waals surface area contributed by atoms with Crippen LogP contribution in [0.2, 0.25) is 5.02 Å². The number of ether oxygens (including phenoxy) is 1. The zero-order chi connectivity index (χ0) is 20.1. The van der Waals surface area contributed by atoms with Crippen LogP contribution in [0.5, 0.6) is 5.75 Å². The van der Waals surface area contributed by atoms with Crippen molar-refractivity contribution in [3.63, 3.8) is 0 Å². The van der Waals surface area contributed by atoms with E-state index in [1.165, 1.54) is 23.0 Å². The summed E-state index contributed by atoms with van der Waals surface area (Å²) >= 11 is 8.95. The minimum atomic E-state index is -0.396. The summed E-state index contributed by atoms with van der Waals surface area (Å²) in [6.45, 7) is 1.24. The number of nitrogens with one attached hydrogen (secondary N) is 2. The van der Waals surface area contributed by atoms with E-state index >= 15 is 0 Å². The lowest BCUT2D eigenvalue weighted by molar-refractivity contribution is 0.287. The molecule has 2 aromatic carbocycles. The van der Waals surface area contributed by atoms with Crippen LogP contribution in [0.25, 0.3) is 5.57 Å². The van der Waals surface area contributed by atoms with Gasteiger partial charge in [0, 0.05) is 11.4 Å². The Morgan fingerprint density at radius 3 is 2.97 bits per heavy atom. The number of hydrogen-bond acceptors (Lipinski definition) is 6. The highest BCUT2D eigenvalue weighted by molar-refractivity contribution is 8.00. The summed E-state index contributed by atoms with van der Waals surface area (Å²) in [5.74, 6) is 0.619. The van der Waals surface area contributed by atoms with Gasteiger partial charge in [-0.1, -0.05) is 48.0 Å². The zero-order valence-corrected chi connectivity index (χ0v) is 17.8. The first-order valence-electron chi connectivity index (χ1n) is 9.12. The predicted octanol–water partition coefficient (Wildman–Crippen LogP) is 5.88. The fourth-order valence-corrected chi connectivity index (χ4v) is 4.58. The molecule has 29 heavy (non-hydrogen) atoms. The van der Waals surface area contributed by atoms with Crippen molar-refractivity contribution in [1.29, 1.82) is 0 Å². The van der Waals surface area contributed by atoms with Gasteiger partial charge in [0.25, 0.3) is 0 Å². The van der Waals surface area contributed by atoms with Crippen LogP contribution in [0.3, 0.4) is 0 Å². The van der Waals surface area contributed by atoms with E-state index in [0.717, 1.165) is 30.5 Å². The molecule has 1 aliphatic heterocycles. The molecule has 2 N–H and O–H groups in total. The molecule has 0 saturated heterocycles. The van der Waals surface area contributed by atoms with Crippen LogP contribution < -0.4 is 14.8 Å². The molecule has 1 unspecified atom stereocenters. The molecule has 0 bridgehead atoms. The Kier molecular flexibility index (Phi) is 6.71. The van der Waals surface area contributed by atoms with Gasteiger partial charge in [0.15, 0.2) is 0 Å². The van der Waals surface area contributed by atoms with Crippen LogP contribution in [-0.2, 0) is 0 Å². The average molecular weight is 448 g/mol. The van der Waals surface area contributed by atoms with Crippen molar-refractivity contribution >= 4 is 46.3 Å². The van der Waals surface area contributed by atoms with E-state index in [1.54, 1.807) is 11.6 Å². The highest BCUT2D eigenvalue weighted by atomic mass is 35.5. The van der Waals surface area contributed by atoms with Crippen molar-refractivity contribution in [2.75, 3.05) is 17.9 Å². The highest BCUT2D eigenvalue weighted by Gasteiger charge is 2.20. The third-order valence-corrected chi connectivity index (χ3v) is 6.20. The largest absolute Gasteiger partial charge is 0.490 e. The number of rotatable bonds is 7. The lowest BCUT2D eigenvalue weighted by Gasteiger charge is -2.26. The number of halogens is 2. The quantitative estimate of drug-likeness (QED) is 0.443. The molecule has 1 atom stereocenters. The molecule has 1 aliphatic rings. The van der Waals surface area contributed by atoms with Crippen LogP contribution in [0.4, 0.5) is 10.2 Å². The maximum atomic E-state index is 14.5. The molecule has 0 radical (unpaired) electrons. The summed E-state index contributed by atoms with van der Waals surface area (Å²) in [7, 11) is 0. The second-order valence-electron chi connectivity index (χ2n) is 6.42. The molecule has 0 fully saturated rings. The Morgan fingerprint density at radius 1 is 1.31 bits per heavy atom. The minimum absolute atomic E-state index is 0.0191. The molecule has 2 heterocycles. The summed E-state index contributed by atoms with van der Waals surface area (Å²) in [6, 6.07) is 13.1. The van der Waals surface area contributed by atoms with Crippen molar-refractivity contribution < 1.29 is 9.13 Å². The number of thiazole rings is 1. The smallest absolute Gasteiger partial charge is 0.147 e. The molecule has 150 valence electrons. The van der Waals surface area contributed by atoms with E-state index in [1.807, 2.05) is 23.6 Å². The lowest BCUT2D eigenvalue weighted by Crippen LogP contribution is -2.38. The first-order chi connectivity index (χ1) is 14.2. The van der Waals surface area contributed by atoms with Crippen molar-refractivity contribution in [3.05, 3.63) is 75.8 Å². The molecule has 0 saturated carbocycles. The van der Waals surface area contributed by atoms with E-state index in [0.29, 0.717) is 28.1 Å². The molecule has 4 nitrogen and oxygen atoms in total. The second-order valence-corrected chi connectivity index (χ2v) is 8.40. The van der Waals surface area contributed by atoms with Crippen molar-refractivity contribution in [2.45, 2.75) is 17.4 Å². The number of anilines is 1. The molecule has 0 aliphatic carbocycles. The summed E-state index contributed by atoms with van der Waals surface area (Å²) < 4.78 is 23.4. The topological polar surface area (TPSA) is 46.2 Å². The van der Waals surface area contributed by atoms with Crippen LogP contribution in [0, 0.1) is 5.82 Å². The summed E-state index contributed by atoms with van der Waals surface area (Å²) in [4.78, 5) is 4.49. The van der Waals surface area contributed by atoms with Crippen LogP contribution in [0.1, 0.15) is 12.0 Å². The standard InChI is InChI=1S/C21H19ClFN3OS2/c22-16-9-20(29-26-21-12-28-13-25-21)17(23)10-19(16)27-11-18-15(7-4-8-24-18)14-5-2-1-3-6-14/h1-3,5-7,9-10,12-13,18,24,26H,4,8,11H2. The Hall–Kier alpha value is -2.06. The zero-order valence-electron chi connectivity index (χ0n) is 15.4. The van der Waals surface area contributed by atoms with Gasteiger partial charge in [0.1, 0.15) is 24.0 Å². The maximum Gasteiger partial charge on any atom is 0.147 e. The number of aromatic nitrogens is 1. The Morgan fingerprint density at radius 2 is 2.17 bits per heavy atom. The third-order valence-electron chi connectivity index (χ3n) is 4.47. The highest BCUT2D eigenvalue weighted by Crippen LogP contribution is 2.34. The number of nitrogens with zero attached hydrogens (tertiary/aromatic N) is 1. The molecular formula is C21H19ClFN3OS2. The monoisotopic (exact) mass is 447 g/mol. The fourth-order valence-electron chi connectivity index (χ4n) is 3.08. The second kappa shape index (κ2) is 9.63. The van der Waals surface area contributed by atoms with E-state index < -0.39 is 5.82 Å². The Bertz CT molecular complexity index is 983. The molecule has 0 amide bonds. The molecule has 1 aromatic heterocycles. The molecule has 3 aromatic rings. The number of benzene rings is 2. The van der Waals surface area contributed by atoms with Gasteiger partial charge in [-0.15, -0.1) is 11.3 Å². The predicted molar refractivity (Wildman–Crippen MR) is 119 cm³/mol. The Labute approximate surface area is 182 Å². The first kappa shape index (κ1) is 20.2. The van der Waals surface area contributed by atoms with E-state index in [2.05, 4.69) is 33.2 Å². The maximum absolute atomic E-state index is 14.5. The van der Waals surface area contributed by atoms with Crippen LogP contribution in [0.15, 0.2) is 64.3 Å². The molecule has 0 spiro atoms. The summed E-state index contributed by atoms with van der Waals surface area (Å²) in [5.41, 5.74) is 4.05. The Balaban J connectivity index is 1.43. The molecular weight excluding hydrogens is 429 g/mol. The minimum Gasteiger partial charge on any atom is -0.490 e. The van der Waals surface area contributed by atoms with E-state index in [-0.39, 0.29) is 6.04 Å². The van der Waals surface area contributed by atoms with Crippen molar-refractivity contribution in [1.82, 2.24) is 10.3 Å². The first-order valence-corrected chi connectivity index (χ1v) is 11.3. The van der Waals surface area contributed by atoms with Crippen molar-refractivity contribution in [3.8, 4) is 5.75 Å². The summed E-state index contributed by atoms with van der Waals surface area (Å²) in [5, 5.41) is 5.69. The van der Waals surface area contributed by atoms with E-state index in [4.69, 9.17) is 16.3 Å². The fraction of sp³-hybridized carbons (Fsp3) is 0.190. The van der Waals surface area contributed by atoms with Gasteiger partial charge in [-0.3, -0.25) is 0 Å². The normalized spacial score (nSPS) is 16.3. The average Bonchev–Trinajstić information content (AvgIpc) is 3.27. The van der Waals surface area contributed by atoms with Gasteiger partial charge in [-0.2, -0.15) is 0 Å². The molecule has 4 rings (SSSR count). The van der Waals surface area contributed by atoms with Crippen molar-refractivity contribution in [2.24, 2.45) is 0 Å². The lowest BCUT2D eigenvalue weighted by atomic mass is 9.95. The summed E-state index contributed by atoms with van der Waals surface area (Å²) in [6.07, 6.45) is 3.19. The van der Waals surface area contributed by atoms with Gasteiger partial charge >= 0.3 is 0 Å². The van der Waals surface area contributed by atoms with Gasteiger partial charge < -0.3 is 14.8 Å². The van der Waals surface area contributed by atoms with Crippen LogP contribution in [-0.4, -0.2) is 24.2 Å². The molecule has 8 heteroatoms. The van der Waals surface area contributed by atoms with E-state index in [9.17, 15) is 4.39 Å². The van der Waals surface area contributed by atoms with Gasteiger partial charge in [-0.05, 0) is 42.1 Å². The van der Waals surface area contributed by atoms with Gasteiger partial charge in [0.2, 0.25) is 0 Å². The van der Waals surface area contributed by atoms with Gasteiger partial charge in [0.05, 0.1) is 21.5 Å². The van der Waals surface area contributed by atoms with Crippen LogP contribution >= 0.6 is 34.9 Å². The van der Waals surface area contributed by atoms with Gasteiger partial charge in [-0.25, -0.2) is 9.37 Å².